The van der Waals surface area contributed by atoms with Crippen LogP contribution in [0.3, 0.4) is 0 Å². The first kappa shape index (κ1) is 7.86. The summed E-state index contributed by atoms with van der Waals surface area (Å²) in [7, 11) is 1.97. The fourth-order valence-electron chi connectivity index (χ4n) is 0.356. The molecule has 0 aliphatic carbocycles. The SMILES string of the molecule is BC(C)[SiH2]C(Cl)Cl. The lowest BCUT2D eigenvalue weighted by atomic mass is 10.1. The third-order valence-corrected chi connectivity index (χ3v) is 3.02. The third kappa shape index (κ3) is 6.86. The average Bonchev–Trinajstić information content (AvgIpc) is 1.27. The summed E-state index contributed by atoms with van der Waals surface area (Å²) in [5.74, 6) is 0. The Hall–Kier alpha value is 0.862. The Morgan fingerprint density at radius 3 is 2.00 bits per heavy atom. The third-order valence-electron chi connectivity index (χ3n) is 0.650. The van der Waals surface area contributed by atoms with Crippen molar-refractivity contribution in [3.63, 3.8) is 0 Å². The molecule has 0 heterocycles. The maximum atomic E-state index is 5.50. The highest BCUT2D eigenvalue weighted by molar-refractivity contribution is 6.72. The molecule has 0 aromatic rings. The minimum absolute atomic E-state index is 0.0417. The minimum atomic E-state index is -0.188. The van der Waals surface area contributed by atoms with Crippen LogP contribution in [-0.4, -0.2) is 21.8 Å². The summed E-state index contributed by atoms with van der Waals surface area (Å²) in [5.41, 5.74) is 0.750. The van der Waals surface area contributed by atoms with Crippen molar-refractivity contribution in [3.8, 4) is 0 Å². The van der Waals surface area contributed by atoms with Gasteiger partial charge < -0.3 is 0 Å². The predicted molar refractivity (Wildman–Crippen MR) is 42.0 cm³/mol. The molecule has 0 N–H and O–H groups in total. The fourth-order valence-corrected chi connectivity index (χ4v) is 3.21. The molecule has 0 aromatic heterocycles. The van der Waals surface area contributed by atoms with Crippen molar-refractivity contribution >= 4 is 40.6 Å². The molecule has 0 fully saturated rings. The fraction of sp³-hybridized carbons (Fsp3) is 1.00. The van der Waals surface area contributed by atoms with Gasteiger partial charge in [0.15, 0.2) is 0 Å². The molecule has 42 valence electrons. The molecule has 0 bridgehead atoms. The Kier molecular flexibility index (Phi) is 4.28. The van der Waals surface area contributed by atoms with Crippen molar-refractivity contribution in [3.05, 3.63) is 0 Å². The van der Waals surface area contributed by atoms with E-state index in [1.807, 2.05) is 0 Å². The minimum Gasteiger partial charge on any atom is -0.110 e. The topological polar surface area (TPSA) is 0 Å². The molecule has 0 spiro atoms. The van der Waals surface area contributed by atoms with E-state index in [4.69, 9.17) is 23.2 Å². The van der Waals surface area contributed by atoms with Crippen molar-refractivity contribution in [1.29, 1.82) is 0 Å². The van der Waals surface area contributed by atoms with Gasteiger partial charge >= 0.3 is 0 Å². The van der Waals surface area contributed by atoms with Crippen molar-refractivity contribution < 1.29 is 0 Å². The van der Waals surface area contributed by atoms with Gasteiger partial charge in [0.05, 0.1) is 14.0 Å². The molecular formula is C3H9BCl2Si. The molecule has 0 aromatic carbocycles. The molecule has 1 atom stereocenters. The number of hydrogen-bond acceptors (Lipinski definition) is 0. The molecule has 0 rings (SSSR count). The van der Waals surface area contributed by atoms with E-state index in [2.05, 4.69) is 14.8 Å². The Balaban J connectivity index is 2.95. The molecular weight excluding hydrogens is 146 g/mol. The predicted octanol–water partition coefficient (Wildman–Crippen LogP) is 0.315. The van der Waals surface area contributed by atoms with Crippen LogP contribution in [0, 0.1) is 0 Å². The number of halogens is 2. The summed E-state index contributed by atoms with van der Waals surface area (Å²) in [5, 5.41) is 0. The monoisotopic (exact) mass is 154 g/mol. The second kappa shape index (κ2) is 3.81. The van der Waals surface area contributed by atoms with Crippen LogP contribution < -0.4 is 0 Å². The van der Waals surface area contributed by atoms with Crippen LogP contribution in [0.4, 0.5) is 0 Å². The maximum Gasteiger partial charge on any atom is 0.101 e. The van der Waals surface area contributed by atoms with Crippen LogP contribution >= 0.6 is 23.2 Å². The van der Waals surface area contributed by atoms with Crippen molar-refractivity contribution in [2.24, 2.45) is 0 Å². The zero-order valence-electron chi connectivity index (χ0n) is 4.62. The summed E-state index contributed by atoms with van der Waals surface area (Å²) in [6.07, 6.45) is 0. The molecule has 0 radical (unpaired) electrons. The Morgan fingerprint density at radius 2 is 2.00 bits per heavy atom. The smallest absolute Gasteiger partial charge is 0.101 e. The second-order valence-corrected chi connectivity index (χ2v) is 7.25. The van der Waals surface area contributed by atoms with Gasteiger partial charge in [-0.3, -0.25) is 0 Å². The van der Waals surface area contributed by atoms with Gasteiger partial charge in [-0.1, -0.05) is 12.4 Å². The van der Waals surface area contributed by atoms with E-state index >= 15 is 0 Å². The molecule has 7 heavy (non-hydrogen) atoms. The molecule has 0 saturated heterocycles. The van der Waals surface area contributed by atoms with Crippen molar-refractivity contribution in [1.82, 2.24) is 0 Å². The Morgan fingerprint density at radius 1 is 1.57 bits per heavy atom. The van der Waals surface area contributed by atoms with Crippen LogP contribution in [0.25, 0.3) is 0 Å². The Labute approximate surface area is 57.8 Å². The van der Waals surface area contributed by atoms with Crippen LogP contribution in [0.2, 0.25) is 5.44 Å². The van der Waals surface area contributed by atoms with Gasteiger partial charge in [-0.15, -0.1) is 23.2 Å². The van der Waals surface area contributed by atoms with E-state index < -0.39 is 0 Å². The molecule has 1 unspecified atom stereocenters. The molecule has 0 amide bonds. The average molecular weight is 155 g/mol. The first-order chi connectivity index (χ1) is 3.13. The lowest BCUT2D eigenvalue weighted by Gasteiger charge is -2.00. The van der Waals surface area contributed by atoms with Crippen LogP contribution in [0.1, 0.15) is 6.92 Å². The van der Waals surface area contributed by atoms with Gasteiger partial charge in [-0.05, 0) is 0 Å². The first-order valence-electron chi connectivity index (χ1n) is 2.41. The highest BCUT2D eigenvalue weighted by Crippen LogP contribution is 2.05. The highest BCUT2D eigenvalue weighted by atomic mass is 35.5. The highest BCUT2D eigenvalue weighted by Gasteiger charge is 2.01. The van der Waals surface area contributed by atoms with Gasteiger partial charge in [-0.2, -0.15) is 0 Å². The number of hydrogen-bond donors (Lipinski definition) is 0. The quantitative estimate of drug-likeness (QED) is 0.397. The summed E-state index contributed by atoms with van der Waals surface area (Å²) < 4.78 is -0.0417. The second-order valence-electron chi connectivity index (χ2n) is 2.02. The van der Waals surface area contributed by atoms with Crippen molar-refractivity contribution in [2.75, 3.05) is 0 Å². The Bertz CT molecular complexity index is 42.2. The summed E-state index contributed by atoms with van der Waals surface area (Å²) >= 11 is 11.0. The van der Waals surface area contributed by atoms with E-state index in [1.165, 1.54) is 0 Å². The van der Waals surface area contributed by atoms with Gasteiger partial charge in [-0.25, -0.2) is 0 Å². The zero-order chi connectivity index (χ0) is 5.86. The molecule has 0 aliphatic rings. The van der Waals surface area contributed by atoms with Crippen molar-refractivity contribution in [2.45, 2.75) is 16.8 Å². The first-order valence-corrected chi connectivity index (χ1v) is 4.91. The lowest BCUT2D eigenvalue weighted by Crippen LogP contribution is -2.07. The van der Waals surface area contributed by atoms with E-state index in [0.717, 1.165) is 5.44 Å². The molecule has 0 nitrogen and oxygen atoms in total. The van der Waals surface area contributed by atoms with Gasteiger partial charge in [0, 0.05) is 0 Å². The normalized spacial score (nSPS) is 16.6. The standard InChI is InChI=1S/C3H9BCl2Si/c1-2(4)7-3(5)6/h2-3H,4,7H2,1H3. The summed E-state index contributed by atoms with van der Waals surface area (Å²) in [4.78, 5) is 0. The van der Waals surface area contributed by atoms with E-state index in [1.54, 1.807) is 0 Å². The van der Waals surface area contributed by atoms with Crippen LogP contribution in [0.15, 0.2) is 0 Å². The van der Waals surface area contributed by atoms with Crippen LogP contribution in [-0.2, 0) is 0 Å². The maximum absolute atomic E-state index is 5.50. The van der Waals surface area contributed by atoms with E-state index in [0.29, 0.717) is 0 Å². The van der Waals surface area contributed by atoms with Gasteiger partial charge in [0.2, 0.25) is 0 Å². The lowest BCUT2D eigenvalue weighted by molar-refractivity contribution is 1.32. The molecule has 0 aliphatic heterocycles. The zero-order valence-corrected chi connectivity index (χ0v) is 7.54. The summed E-state index contributed by atoms with van der Waals surface area (Å²) in [6.45, 7) is 2.16. The molecule has 0 saturated carbocycles. The number of rotatable bonds is 2. The van der Waals surface area contributed by atoms with Crippen LogP contribution in [0.5, 0.6) is 0 Å². The van der Waals surface area contributed by atoms with E-state index in [-0.39, 0.29) is 14.0 Å². The van der Waals surface area contributed by atoms with Gasteiger partial charge in [0.1, 0.15) is 7.85 Å². The van der Waals surface area contributed by atoms with E-state index in [9.17, 15) is 0 Å². The number of alkyl halides is 2. The van der Waals surface area contributed by atoms with Gasteiger partial charge in [0.25, 0.3) is 0 Å². The largest absolute Gasteiger partial charge is 0.110 e. The summed E-state index contributed by atoms with van der Waals surface area (Å²) in [6, 6.07) is 0. The molecule has 4 heteroatoms.